The van der Waals surface area contributed by atoms with Gasteiger partial charge in [-0.3, -0.25) is 0 Å². The Morgan fingerprint density at radius 1 is 1.14 bits per heavy atom. The SMILES string of the molecule is COc1ccc(CC2=NC3(CCCCC3)N=C(N)N2)cc1. The van der Waals surface area contributed by atoms with E-state index in [0.29, 0.717) is 5.96 Å². The molecule has 1 fully saturated rings. The second-order valence-corrected chi connectivity index (χ2v) is 5.75. The number of hydrogen-bond donors (Lipinski definition) is 2. The zero-order valence-corrected chi connectivity index (χ0v) is 12.4. The van der Waals surface area contributed by atoms with Gasteiger partial charge in [-0.1, -0.05) is 18.6 Å². The number of rotatable bonds is 3. The van der Waals surface area contributed by atoms with E-state index in [0.717, 1.165) is 30.8 Å². The van der Waals surface area contributed by atoms with Crippen LogP contribution >= 0.6 is 0 Å². The normalized spacial score (nSPS) is 20.4. The molecule has 1 aromatic carbocycles. The Bertz CT molecular complexity index is 556. The molecule has 0 unspecified atom stereocenters. The Labute approximate surface area is 125 Å². The highest BCUT2D eigenvalue weighted by Crippen LogP contribution is 2.34. The number of benzene rings is 1. The molecular weight excluding hydrogens is 264 g/mol. The van der Waals surface area contributed by atoms with Crippen molar-refractivity contribution >= 4 is 11.8 Å². The monoisotopic (exact) mass is 286 g/mol. The molecule has 1 spiro atoms. The number of ether oxygens (including phenoxy) is 1. The van der Waals surface area contributed by atoms with E-state index in [2.05, 4.69) is 22.4 Å². The summed E-state index contributed by atoms with van der Waals surface area (Å²) < 4.78 is 5.18. The van der Waals surface area contributed by atoms with Gasteiger partial charge in [-0.25, -0.2) is 9.98 Å². The van der Waals surface area contributed by atoms with Crippen molar-refractivity contribution in [2.24, 2.45) is 15.7 Å². The van der Waals surface area contributed by atoms with Gasteiger partial charge < -0.3 is 15.8 Å². The number of nitrogens with zero attached hydrogens (tertiary/aromatic N) is 2. The summed E-state index contributed by atoms with van der Waals surface area (Å²) in [7, 11) is 1.67. The molecule has 2 aliphatic rings. The second kappa shape index (κ2) is 5.76. The van der Waals surface area contributed by atoms with Crippen LogP contribution in [0.15, 0.2) is 34.3 Å². The molecule has 3 rings (SSSR count). The number of guanidine groups is 1. The van der Waals surface area contributed by atoms with Crippen molar-refractivity contribution in [3.8, 4) is 5.75 Å². The molecule has 112 valence electrons. The molecule has 0 saturated heterocycles. The molecule has 21 heavy (non-hydrogen) atoms. The van der Waals surface area contributed by atoms with Crippen LogP contribution in [0.4, 0.5) is 0 Å². The molecule has 5 heteroatoms. The summed E-state index contributed by atoms with van der Waals surface area (Å²) in [6, 6.07) is 8.04. The summed E-state index contributed by atoms with van der Waals surface area (Å²) in [5.41, 5.74) is 6.84. The van der Waals surface area contributed by atoms with Gasteiger partial charge in [-0.05, 0) is 43.4 Å². The fraction of sp³-hybridized carbons (Fsp3) is 0.500. The molecule has 0 aromatic heterocycles. The number of hydrogen-bond acceptors (Lipinski definition) is 5. The zero-order valence-electron chi connectivity index (χ0n) is 12.4. The number of nitrogens with one attached hydrogen (secondary N) is 1. The van der Waals surface area contributed by atoms with Crippen molar-refractivity contribution in [3.05, 3.63) is 29.8 Å². The van der Waals surface area contributed by atoms with Gasteiger partial charge in [0.25, 0.3) is 0 Å². The van der Waals surface area contributed by atoms with E-state index >= 15 is 0 Å². The van der Waals surface area contributed by atoms with Crippen LogP contribution in [0, 0.1) is 0 Å². The summed E-state index contributed by atoms with van der Waals surface area (Å²) in [6.07, 6.45) is 6.37. The van der Waals surface area contributed by atoms with E-state index in [1.54, 1.807) is 7.11 Å². The van der Waals surface area contributed by atoms with Crippen molar-refractivity contribution in [1.29, 1.82) is 0 Å². The fourth-order valence-electron chi connectivity index (χ4n) is 3.07. The van der Waals surface area contributed by atoms with Gasteiger partial charge in [-0.15, -0.1) is 0 Å². The van der Waals surface area contributed by atoms with E-state index in [1.807, 2.05) is 12.1 Å². The van der Waals surface area contributed by atoms with Gasteiger partial charge in [0.1, 0.15) is 11.6 Å². The number of amidine groups is 1. The smallest absolute Gasteiger partial charge is 0.196 e. The molecule has 0 bridgehead atoms. The van der Waals surface area contributed by atoms with Crippen molar-refractivity contribution in [1.82, 2.24) is 5.32 Å². The third kappa shape index (κ3) is 3.17. The minimum atomic E-state index is -0.310. The van der Waals surface area contributed by atoms with Gasteiger partial charge in [-0.2, -0.15) is 0 Å². The summed E-state index contributed by atoms with van der Waals surface area (Å²) >= 11 is 0. The van der Waals surface area contributed by atoms with Gasteiger partial charge >= 0.3 is 0 Å². The predicted octanol–water partition coefficient (Wildman–Crippen LogP) is 2.21. The van der Waals surface area contributed by atoms with E-state index < -0.39 is 0 Å². The Kier molecular flexibility index (Phi) is 3.82. The number of methoxy groups -OCH3 is 1. The van der Waals surface area contributed by atoms with Crippen LogP contribution in [-0.4, -0.2) is 24.6 Å². The molecule has 1 aliphatic carbocycles. The topological polar surface area (TPSA) is 72.0 Å². The summed E-state index contributed by atoms with van der Waals surface area (Å²) in [5.74, 6) is 2.27. The lowest BCUT2D eigenvalue weighted by molar-refractivity contribution is 0.306. The van der Waals surface area contributed by atoms with Crippen molar-refractivity contribution < 1.29 is 4.74 Å². The van der Waals surface area contributed by atoms with Crippen LogP contribution in [0.2, 0.25) is 0 Å². The Balaban J connectivity index is 1.77. The van der Waals surface area contributed by atoms with Gasteiger partial charge in [0.05, 0.1) is 7.11 Å². The first-order valence-electron chi connectivity index (χ1n) is 7.53. The van der Waals surface area contributed by atoms with E-state index in [4.69, 9.17) is 15.5 Å². The van der Waals surface area contributed by atoms with E-state index in [1.165, 1.54) is 24.8 Å². The average molecular weight is 286 g/mol. The molecule has 0 amide bonds. The number of nitrogens with two attached hydrogens (primary N) is 1. The Hall–Kier alpha value is -2.04. The highest BCUT2D eigenvalue weighted by Gasteiger charge is 2.34. The average Bonchev–Trinajstić information content (AvgIpc) is 2.48. The summed E-state index contributed by atoms with van der Waals surface area (Å²) in [5, 5.41) is 3.11. The standard InChI is InChI=1S/C16H22N4O/c1-21-13-7-5-12(6-8-13)11-14-18-15(17)20-16(19-14)9-3-2-4-10-16/h5-8H,2-4,9-11H2,1H3,(H3,17,18,19,20). The largest absolute Gasteiger partial charge is 0.497 e. The van der Waals surface area contributed by atoms with Crippen LogP contribution < -0.4 is 15.8 Å². The lowest BCUT2D eigenvalue weighted by atomic mass is 9.89. The molecule has 1 aromatic rings. The third-order valence-corrected chi connectivity index (χ3v) is 4.13. The Morgan fingerprint density at radius 2 is 1.86 bits per heavy atom. The molecular formula is C16H22N4O. The molecule has 5 nitrogen and oxygen atoms in total. The van der Waals surface area contributed by atoms with Gasteiger partial charge in [0, 0.05) is 6.42 Å². The first-order chi connectivity index (χ1) is 10.2. The van der Waals surface area contributed by atoms with E-state index in [9.17, 15) is 0 Å². The summed E-state index contributed by atoms with van der Waals surface area (Å²) in [6.45, 7) is 0. The lowest BCUT2D eigenvalue weighted by Gasteiger charge is -2.34. The van der Waals surface area contributed by atoms with Gasteiger partial charge in [0.15, 0.2) is 11.6 Å². The zero-order chi connectivity index (χ0) is 14.7. The molecule has 1 aliphatic heterocycles. The van der Waals surface area contributed by atoms with Crippen LogP contribution in [0.25, 0.3) is 0 Å². The van der Waals surface area contributed by atoms with Crippen LogP contribution in [0.1, 0.15) is 37.7 Å². The molecule has 1 heterocycles. The maximum absolute atomic E-state index is 5.97. The maximum Gasteiger partial charge on any atom is 0.196 e. The van der Waals surface area contributed by atoms with E-state index in [-0.39, 0.29) is 5.66 Å². The first-order valence-corrected chi connectivity index (χ1v) is 7.53. The minimum absolute atomic E-state index is 0.310. The van der Waals surface area contributed by atoms with Crippen LogP contribution in [0.5, 0.6) is 5.75 Å². The third-order valence-electron chi connectivity index (χ3n) is 4.13. The maximum atomic E-state index is 5.97. The first kappa shape index (κ1) is 13.9. The Morgan fingerprint density at radius 3 is 2.52 bits per heavy atom. The van der Waals surface area contributed by atoms with Crippen LogP contribution in [0.3, 0.4) is 0 Å². The molecule has 0 radical (unpaired) electrons. The highest BCUT2D eigenvalue weighted by molar-refractivity contribution is 6.01. The quantitative estimate of drug-likeness (QED) is 0.895. The number of aliphatic imine (C=N–C) groups is 2. The predicted molar refractivity (Wildman–Crippen MR) is 84.7 cm³/mol. The molecule has 0 atom stereocenters. The fourth-order valence-corrected chi connectivity index (χ4v) is 3.07. The lowest BCUT2D eigenvalue weighted by Crippen LogP contribution is -2.47. The van der Waals surface area contributed by atoms with Crippen LogP contribution in [-0.2, 0) is 6.42 Å². The second-order valence-electron chi connectivity index (χ2n) is 5.75. The minimum Gasteiger partial charge on any atom is -0.497 e. The molecule has 1 saturated carbocycles. The van der Waals surface area contributed by atoms with Crippen molar-refractivity contribution in [2.75, 3.05) is 7.11 Å². The van der Waals surface area contributed by atoms with Crippen molar-refractivity contribution in [2.45, 2.75) is 44.2 Å². The van der Waals surface area contributed by atoms with Crippen molar-refractivity contribution in [3.63, 3.8) is 0 Å². The molecule has 3 N–H and O–H groups in total. The van der Waals surface area contributed by atoms with Gasteiger partial charge in [0.2, 0.25) is 0 Å². The summed E-state index contributed by atoms with van der Waals surface area (Å²) in [4.78, 5) is 9.44. The highest BCUT2D eigenvalue weighted by atomic mass is 16.5.